The minimum atomic E-state index is -0.663. The molecule has 0 unspecified atom stereocenters. The Morgan fingerprint density at radius 2 is 1.91 bits per heavy atom. The summed E-state index contributed by atoms with van der Waals surface area (Å²) in [7, 11) is 0. The van der Waals surface area contributed by atoms with Crippen LogP contribution in [0.2, 0.25) is 0 Å². The van der Waals surface area contributed by atoms with Crippen LogP contribution in [-0.4, -0.2) is 25.1 Å². The van der Waals surface area contributed by atoms with Gasteiger partial charge in [0.2, 0.25) is 0 Å². The van der Waals surface area contributed by atoms with Gasteiger partial charge in [0.1, 0.15) is 28.5 Å². The minimum Gasteiger partial charge on any atom is -0.478 e. The Kier molecular flexibility index (Phi) is 7.45. The highest BCUT2D eigenvalue weighted by Crippen LogP contribution is 2.34. The van der Waals surface area contributed by atoms with Crippen molar-refractivity contribution in [1.29, 1.82) is 10.5 Å². The normalized spacial score (nSPS) is 10.9. The van der Waals surface area contributed by atoms with Crippen LogP contribution in [0.5, 0.6) is 5.75 Å². The van der Waals surface area contributed by atoms with E-state index in [1.807, 2.05) is 49.4 Å². The fraction of sp³-hybridized carbons (Fsp3) is 0.200. The van der Waals surface area contributed by atoms with Crippen LogP contribution in [0.3, 0.4) is 0 Å². The molecule has 1 heterocycles. The quantitative estimate of drug-likeness (QED) is 0.297. The minimum absolute atomic E-state index is 0.174. The number of esters is 1. The highest BCUT2D eigenvalue weighted by Gasteiger charge is 2.23. The molecule has 1 aromatic heterocycles. The molecule has 0 saturated carbocycles. The van der Waals surface area contributed by atoms with Crippen LogP contribution in [0.15, 0.2) is 42.0 Å². The number of nitrogens with zero attached hydrogens (tertiary/aromatic N) is 2. The second-order valence-corrected chi connectivity index (χ2v) is 8.20. The molecule has 2 aromatic carbocycles. The molecule has 33 heavy (non-hydrogen) atoms. The van der Waals surface area contributed by atoms with Crippen LogP contribution >= 0.6 is 11.3 Å². The highest BCUT2D eigenvalue weighted by atomic mass is 32.1. The molecule has 0 aliphatic rings. The zero-order chi connectivity index (χ0) is 24.0. The van der Waals surface area contributed by atoms with Gasteiger partial charge in [-0.05, 0) is 49.2 Å². The molecule has 0 saturated heterocycles. The second-order valence-electron chi connectivity index (χ2n) is 6.98. The van der Waals surface area contributed by atoms with Crippen molar-refractivity contribution in [3.63, 3.8) is 0 Å². The van der Waals surface area contributed by atoms with Gasteiger partial charge in [0.15, 0.2) is 6.61 Å². The lowest BCUT2D eigenvalue weighted by Gasteiger charge is -2.11. The van der Waals surface area contributed by atoms with Crippen molar-refractivity contribution in [3.05, 3.63) is 63.5 Å². The molecule has 0 radical (unpaired) electrons. The van der Waals surface area contributed by atoms with Gasteiger partial charge in [-0.25, -0.2) is 4.79 Å². The third kappa shape index (κ3) is 5.03. The summed E-state index contributed by atoms with van der Waals surface area (Å²) in [5.41, 5.74) is 1.34. The molecule has 0 aliphatic carbocycles. The number of hydrogen-bond acceptors (Lipinski definition) is 7. The van der Waals surface area contributed by atoms with Gasteiger partial charge in [-0.3, -0.25) is 4.79 Å². The third-order valence-corrected chi connectivity index (χ3v) is 6.09. The number of fused-ring (bicyclic) bond motifs is 1. The van der Waals surface area contributed by atoms with Crippen LogP contribution in [0.25, 0.3) is 16.8 Å². The summed E-state index contributed by atoms with van der Waals surface area (Å²) < 4.78 is 10.7. The number of amides is 1. The zero-order valence-corrected chi connectivity index (χ0v) is 19.2. The maximum absolute atomic E-state index is 13.0. The number of nitrogens with one attached hydrogen (secondary N) is 1. The molecular formula is C25H21N3O4S. The van der Waals surface area contributed by atoms with Crippen molar-refractivity contribution < 1.29 is 19.1 Å². The fourth-order valence-corrected chi connectivity index (χ4v) is 4.33. The summed E-state index contributed by atoms with van der Waals surface area (Å²) in [6.45, 7) is 5.36. The predicted molar refractivity (Wildman–Crippen MR) is 127 cm³/mol. The van der Waals surface area contributed by atoms with Crippen LogP contribution in [0, 0.1) is 36.5 Å². The van der Waals surface area contributed by atoms with E-state index in [9.17, 15) is 14.9 Å². The number of nitriles is 2. The number of benzene rings is 2. The molecule has 166 valence electrons. The number of rotatable bonds is 7. The van der Waals surface area contributed by atoms with Crippen LogP contribution < -0.4 is 10.1 Å². The Labute approximate surface area is 195 Å². The summed E-state index contributed by atoms with van der Waals surface area (Å²) in [5, 5.41) is 23.3. The molecule has 3 rings (SSSR count). The topological polar surface area (TPSA) is 112 Å². The molecule has 0 atom stereocenters. The average molecular weight is 460 g/mol. The summed E-state index contributed by atoms with van der Waals surface area (Å²) in [4.78, 5) is 26.3. The van der Waals surface area contributed by atoms with E-state index < -0.39 is 11.9 Å². The van der Waals surface area contributed by atoms with Crippen LogP contribution in [-0.2, 0) is 9.53 Å². The molecule has 8 heteroatoms. The first-order chi connectivity index (χ1) is 15.9. The summed E-state index contributed by atoms with van der Waals surface area (Å²) in [5.74, 6) is -0.812. The predicted octanol–water partition coefficient (Wildman–Crippen LogP) is 5.14. The Morgan fingerprint density at radius 3 is 2.61 bits per heavy atom. The van der Waals surface area contributed by atoms with Crippen LogP contribution in [0.1, 0.15) is 33.3 Å². The average Bonchev–Trinajstić information content (AvgIpc) is 3.09. The van der Waals surface area contributed by atoms with Crippen molar-refractivity contribution in [3.8, 4) is 17.9 Å². The number of hydrogen-bond donors (Lipinski definition) is 1. The van der Waals surface area contributed by atoms with Crippen LogP contribution in [0.4, 0.5) is 5.00 Å². The molecule has 0 spiro atoms. The van der Waals surface area contributed by atoms with Crippen molar-refractivity contribution >= 4 is 45.1 Å². The van der Waals surface area contributed by atoms with E-state index in [4.69, 9.17) is 14.7 Å². The first kappa shape index (κ1) is 23.5. The van der Waals surface area contributed by atoms with Gasteiger partial charge in [-0.1, -0.05) is 30.3 Å². The zero-order valence-electron chi connectivity index (χ0n) is 18.4. The van der Waals surface area contributed by atoms with E-state index in [1.165, 1.54) is 17.4 Å². The Bertz CT molecular complexity index is 1340. The number of carbonyl (C=O) groups is 2. The summed E-state index contributed by atoms with van der Waals surface area (Å²) in [6.07, 6.45) is 1.43. The molecule has 7 nitrogen and oxygen atoms in total. The van der Waals surface area contributed by atoms with Gasteiger partial charge >= 0.3 is 5.97 Å². The lowest BCUT2D eigenvalue weighted by molar-refractivity contribution is -0.112. The molecule has 1 N–H and O–H groups in total. The van der Waals surface area contributed by atoms with Gasteiger partial charge in [-0.15, -0.1) is 11.3 Å². The maximum atomic E-state index is 13.0. The van der Waals surface area contributed by atoms with E-state index in [0.717, 1.165) is 21.2 Å². The maximum Gasteiger partial charge on any atom is 0.341 e. The Morgan fingerprint density at radius 1 is 1.15 bits per heavy atom. The van der Waals surface area contributed by atoms with Gasteiger partial charge < -0.3 is 14.8 Å². The van der Waals surface area contributed by atoms with E-state index in [0.29, 0.717) is 16.3 Å². The SMILES string of the molecule is CCOC(=O)c1c(NC(=O)C(C#N)=Cc2c(OCC#N)ccc3ccccc23)sc(C)c1C. The number of aryl methyl sites for hydroxylation is 1. The standard InChI is InChI=1S/C25H21N3O4S/c1-4-31-25(30)22-15(2)16(3)33-24(22)28-23(29)18(14-27)13-20-19-8-6-5-7-17(19)9-10-21(20)32-12-11-26/h5-10,13H,4,12H2,1-3H3,(H,28,29). The Hall–Kier alpha value is -4.14. The van der Waals surface area contributed by atoms with Crippen molar-refractivity contribution in [2.45, 2.75) is 20.8 Å². The molecule has 3 aromatic rings. The fourth-order valence-electron chi connectivity index (χ4n) is 3.29. The molecular weight excluding hydrogens is 438 g/mol. The third-order valence-electron chi connectivity index (χ3n) is 4.97. The molecule has 0 bridgehead atoms. The lowest BCUT2D eigenvalue weighted by atomic mass is 10.0. The van der Waals surface area contributed by atoms with Gasteiger partial charge in [-0.2, -0.15) is 10.5 Å². The number of anilines is 1. The van der Waals surface area contributed by atoms with Gasteiger partial charge in [0.25, 0.3) is 5.91 Å². The number of carbonyl (C=O) groups excluding carboxylic acids is 2. The number of thiophene rings is 1. The molecule has 0 fully saturated rings. The van der Waals surface area contributed by atoms with Crippen molar-refractivity contribution in [2.75, 3.05) is 18.5 Å². The Balaban J connectivity index is 2.04. The van der Waals surface area contributed by atoms with E-state index in [1.54, 1.807) is 19.9 Å². The summed E-state index contributed by atoms with van der Waals surface area (Å²) in [6, 6.07) is 14.8. The lowest BCUT2D eigenvalue weighted by Crippen LogP contribution is -2.16. The van der Waals surface area contributed by atoms with Gasteiger partial charge in [0, 0.05) is 10.4 Å². The monoisotopic (exact) mass is 459 g/mol. The first-order valence-electron chi connectivity index (χ1n) is 10.1. The van der Waals surface area contributed by atoms with Gasteiger partial charge in [0.05, 0.1) is 12.2 Å². The second kappa shape index (κ2) is 10.4. The van der Waals surface area contributed by atoms with E-state index >= 15 is 0 Å². The smallest absolute Gasteiger partial charge is 0.341 e. The van der Waals surface area contributed by atoms with Crippen molar-refractivity contribution in [2.24, 2.45) is 0 Å². The summed E-state index contributed by atoms with van der Waals surface area (Å²) >= 11 is 1.24. The molecule has 1 amide bonds. The van der Waals surface area contributed by atoms with Crippen molar-refractivity contribution in [1.82, 2.24) is 0 Å². The number of ether oxygens (including phenoxy) is 2. The largest absolute Gasteiger partial charge is 0.478 e. The van der Waals surface area contributed by atoms with E-state index in [-0.39, 0.29) is 24.4 Å². The van der Waals surface area contributed by atoms with E-state index in [2.05, 4.69) is 5.32 Å². The molecule has 0 aliphatic heterocycles. The highest BCUT2D eigenvalue weighted by molar-refractivity contribution is 7.16. The first-order valence-corrected chi connectivity index (χ1v) is 10.9.